The SMILES string of the molecule is O=C(O)CN=C1C[C@@H](c2ccccc2)CC(=O)/C1=C(/O)CCCN1C(=O)c2ccccc2C1=O. The van der Waals surface area contributed by atoms with E-state index in [4.69, 9.17) is 5.11 Å². The van der Waals surface area contributed by atoms with Crippen LogP contribution in [0.5, 0.6) is 0 Å². The number of nitrogens with zero attached hydrogens (tertiary/aromatic N) is 2. The van der Waals surface area contributed by atoms with E-state index in [0.717, 1.165) is 10.5 Å². The Bertz CT molecular complexity index is 1180. The van der Waals surface area contributed by atoms with Gasteiger partial charge >= 0.3 is 5.97 Å². The maximum Gasteiger partial charge on any atom is 0.325 e. The Morgan fingerprint density at radius 3 is 2.15 bits per heavy atom. The smallest absolute Gasteiger partial charge is 0.325 e. The first-order valence-electron chi connectivity index (χ1n) is 11.1. The fourth-order valence-electron chi connectivity index (χ4n) is 4.46. The molecule has 1 fully saturated rings. The van der Waals surface area contributed by atoms with Gasteiger partial charge in [-0.15, -0.1) is 0 Å². The number of rotatable bonds is 7. The molecule has 0 bridgehead atoms. The van der Waals surface area contributed by atoms with Crippen LogP contribution in [-0.2, 0) is 9.59 Å². The molecule has 174 valence electrons. The average molecular weight is 460 g/mol. The van der Waals surface area contributed by atoms with Gasteiger partial charge in [0.05, 0.1) is 22.4 Å². The number of Topliss-reactive ketones (excluding diaryl/α,β-unsaturated/α-hetero) is 1. The first kappa shape index (κ1) is 23.1. The lowest BCUT2D eigenvalue weighted by atomic mass is 9.78. The van der Waals surface area contributed by atoms with Crippen molar-refractivity contribution in [3.8, 4) is 0 Å². The lowest BCUT2D eigenvalue weighted by molar-refractivity contribution is -0.135. The number of benzene rings is 2. The van der Waals surface area contributed by atoms with Crippen molar-refractivity contribution in [3.05, 3.63) is 82.6 Å². The Hall–Kier alpha value is -4.07. The second-order valence-corrected chi connectivity index (χ2v) is 8.33. The summed E-state index contributed by atoms with van der Waals surface area (Å²) in [7, 11) is 0. The van der Waals surface area contributed by atoms with Gasteiger partial charge in [0.25, 0.3) is 11.8 Å². The Balaban J connectivity index is 1.49. The van der Waals surface area contributed by atoms with Gasteiger partial charge < -0.3 is 10.2 Å². The van der Waals surface area contributed by atoms with Crippen LogP contribution >= 0.6 is 0 Å². The number of hydrogen-bond acceptors (Lipinski definition) is 6. The largest absolute Gasteiger partial charge is 0.511 e. The van der Waals surface area contributed by atoms with Crippen LogP contribution in [0.2, 0.25) is 0 Å². The molecule has 2 aromatic carbocycles. The predicted octanol–water partition coefficient (Wildman–Crippen LogP) is 3.55. The Morgan fingerprint density at radius 1 is 0.912 bits per heavy atom. The summed E-state index contributed by atoms with van der Waals surface area (Å²) in [5.74, 6) is -2.55. The van der Waals surface area contributed by atoms with Crippen LogP contribution in [0.4, 0.5) is 0 Å². The molecule has 1 atom stereocenters. The van der Waals surface area contributed by atoms with Gasteiger partial charge in [0.1, 0.15) is 12.3 Å². The maximum atomic E-state index is 13.0. The lowest BCUT2D eigenvalue weighted by Gasteiger charge is -2.26. The highest BCUT2D eigenvalue weighted by Crippen LogP contribution is 2.34. The number of ketones is 1. The quantitative estimate of drug-likeness (QED) is 0.370. The zero-order valence-electron chi connectivity index (χ0n) is 18.4. The Labute approximate surface area is 196 Å². The van der Waals surface area contributed by atoms with Crippen LogP contribution < -0.4 is 0 Å². The average Bonchev–Trinajstić information content (AvgIpc) is 3.08. The minimum Gasteiger partial charge on any atom is -0.511 e. The van der Waals surface area contributed by atoms with Crippen molar-refractivity contribution >= 4 is 29.3 Å². The van der Waals surface area contributed by atoms with Gasteiger partial charge in [0, 0.05) is 19.4 Å². The molecule has 1 saturated carbocycles. The molecule has 1 aliphatic heterocycles. The van der Waals surface area contributed by atoms with Crippen LogP contribution in [0, 0.1) is 0 Å². The number of carboxylic acid groups (broad SMARTS) is 1. The van der Waals surface area contributed by atoms with Gasteiger partial charge in [-0.2, -0.15) is 0 Å². The van der Waals surface area contributed by atoms with Crippen LogP contribution in [0.15, 0.2) is 70.9 Å². The van der Waals surface area contributed by atoms with E-state index >= 15 is 0 Å². The number of fused-ring (bicyclic) bond motifs is 1. The summed E-state index contributed by atoms with van der Waals surface area (Å²) in [5, 5.41) is 19.8. The van der Waals surface area contributed by atoms with Crippen LogP contribution in [0.1, 0.15) is 57.9 Å². The number of amides is 2. The summed E-state index contributed by atoms with van der Waals surface area (Å²) >= 11 is 0. The van der Waals surface area contributed by atoms with Crippen molar-refractivity contribution in [1.82, 2.24) is 4.90 Å². The molecule has 1 aliphatic carbocycles. The van der Waals surface area contributed by atoms with Crippen molar-refractivity contribution in [3.63, 3.8) is 0 Å². The molecule has 8 heteroatoms. The number of carbonyl (C=O) groups is 4. The van der Waals surface area contributed by atoms with Crippen molar-refractivity contribution in [1.29, 1.82) is 0 Å². The highest BCUT2D eigenvalue weighted by molar-refractivity contribution is 6.25. The molecule has 0 unspecified atom stereocenters. The molecule has 4 rings (SSSR count). The summed E-state index contributed by atoms with van der Waals surface area (Å²) in [5.41, 5.74) is 1.98. The number of aliphatic imine (C=N–C) groups is 1. The second kappa shape index (κ2) is 9.82. The molecule has 0 radical (unpaired) electrons. The third kappa shape index (κ3) is 4.66. The summed E-state index contributed by atoms with van der Waals surface area (Å²) in [6, 6.07) is 16.0. The fraction of sp³-hybridized carbons (Fsp3) is 0.269. The molecule has 1 heterocycles. The van der Waals surface area contributed by atoms with Crippen LogP contribution in [0.3, 0.4) is 0 Å². The van der Waals surface area contributed by atoms with Crippen molar-refractivity contribution in [2.24, 2.45) is 4.99 Å². The predicted molar refractivity (Wildman–Crippen MR) is 124 cm³/mol. The van der Waals surface area contributed by atoms with Gasteiger partial charge in [0.2, 0.25) is 0 Å². The molecular formula is C26H24N2O6. The van der Waals surface area contributed by atoms with E-state index in [1.165, 1.54) is 0 Å². The zero-order chi connectivity index (χ0) is 24.2. The molecule has 2 aromatic rings. The third-order valence-corrected chi connectivity index (χ3v) is 6.08. The molecule has 0 aromatic heterocycles. The van der Waals surface area contributed by atoms with Gasteiger partial charge in [-0.3, -0.25) is 29.1 Å². The summed E-state index contributed by atoms with van der Waals surface area (Å²) < 4.78 is 0. The topological polar surface area (TPSA) is 124 Å². The Morgan fingerprint density at radius 2 is 1.53 bits per heavy atom. The normalized spacial score (nSPS) is 20.6. The Kier molecular flexibility index (Phi) is 6.67. The molecule has 8 nitrogen and oxygen atoms in total. The van der Waals surface area contributed by atoms with Gasteiger partial charge in [-0.25, -0.2) is 0 Å². The maximum absolute atomic E-state index is 13.0. The number of aliphatic hydroxyl groups excluding tert-OH is 1. The van der Waals surface area contributed by atoms with E-state index in [0.29, 0.717) is 17.5 Å². The number of allylic oxidation sites excluding steroid dienone is 2. The van der Waals surface area contributed by atoms with E-state index in [2.05, 4.69) is 4.99 Å². The van der Waals surface area contributed by atoms with Crippen LogP contribution in [-0.4, -0.2) is 57.5 Å². The molecule has 34 heavy (non-hydrogen) atoms. The molecule has 0 spiro atoms. The van der Waals surface area contributed by atoms with Crippen LogP contribution in [0.25, 0.3) is 0 Å². The van der Waals surface area contributed by atoms with E-state index in [9.17, 15) is 24.3 Å². The van der Waals surface area contributed by atoms with Crippen molar-refractivity contribution in [2.75, 3.05) is 13.1 Å². The first-order chi connectivity index (χ1) is 16.4. The molecule has 2 aliphatic rings. The highest BCUT2D eigenvalue weighted by Gasteiger charge is 2.35. The standard InChI is InChI=1S/C26H24N2O6/c29-21(11-6-12-28-25(33)18-9-4-5-10-19(18)26(28)34)24-20(27-15-23(31)32)13-17(14-22(24)30)16-7-2-1-3-8-16/h1-5,7-10,17,29H,6,11-15H2,(H,31,32)/b24-21+,27-20?/t17-/m1/s1. The van der Waals surface area contributed by atoms with Gasteiger partial charge in [-0.05, 0) is 36.5 Å². The zero-order valence-corrected chi connectivity index (χ0v) is 18.4. The van der Waals surface area contributed by atoms with E-state index in [1.807, 2.05) is 30.3 Å². The minimum absolute atomic E-state index is 0.0517. The molecule has 0 saturated heterocycles. The minimum atomic E-state index is -1.13. The number of aliphatic carboxylic acids is 1. The molecular weight excluding hydrogens is 436 g/mol. The van der Waals surface area contributed by atoms with E-state index < -0.39 is 12.5 Å². The van der Waals surface area contributed by atoms with Crippen molar-refractivity contribution in [2.45, 2.75) is 31.6 Å². The highest BCUT2D eigenvalue weighted by atomic mass is 16.4. The lowest BCUT2D eigenvalue weighted by Crippen LogP contribution is -2.31. The van der Waals surface area contributed by atoms with Gasteiger partial charge in [0.15, 0.2) is 5.78 Å². The van der Waals surface area contributed by atoms with Gasteiger partial charge in [-0.1, -0.05) is 42.5 Å². The number of carbonyl (C=O) groups excluding carboxylic acids is 3. The summed E-state index contributed by atoms with van der Waals surface area (Å²) in [6.45, 7) is -0.415. The second-order valence-electron chi connectivity index (χ2n) is 8.33. The summed E-state index contributed by atoms with van der Waals surface area (Å²) in [6.07, 6.45) is 0.813. The number of carboxylic acids is 1. The number of aliphatic hydroxyl groups is 1. The number of hydrogen-bond donors (Lipinski definition) is 2. The monoisotopic (exact) mass is 460 g/mol. The third-order valence-electron chi connectivity index (χ3n) is 6.08. The van der Waals surface area contributed by atoms with E-state index in [-0.39, 0.29) is 66.4 Å². The molecule has 2 N–H and O–H groups in total. The van der Waals surface area contributed by atoms with E-state index in [1.54, 1.807) is 24.3 Å². The first-order valence-corrected chi connectivity index (χ1v) is 11.1. The fourth-order valence-corrected chi connectivity index (χ4v) is 4.46. The van der Waals surface area contributed by atoms with Crippen molar-refractivity contribution < 1.29 is 29.4 Å². The summed E-state index contributed by atoms with van der Waals surface area (Å²) in [4.78, 5) is 54.3. The number of imide groups is 1. The molecule has 2 amide bonds.